The predicted molar refractivity (Wildman–Crippen MR) is 84.8 cm³/mol. The summed E-state index contributed by atoms with van der Waals surface area (Å²) in [6.45, 7) is 7.82. The number of rotatable bonds is 5. The Morgan fingerprint density at radius 1 is 1.00 bits per heavy atom. The van der Waals surface area contributed by atoms with E-state index < -0.39 is 0 Å². The largest absolute Gasteiger partial charge is 0.385 e. The average molecular weight is 260 g/mol. The lowest BCUT2D eigenvalue weighted by Gasteiger charge is -2.31. The highest BCUT2D eigenvalue weighted by molar-refractivity contribution is 5.53. The molecule has 0 bridgehead atoms. The van der Waals surface area contributed by atoms with Crippen LogP contribution in [0.2, 0.25) is 0 Å². The van der Waals surface area contributed by atoms with Gasteiger partial charge in [0.25, 0.3) is 0 Å². The zero-order valence-electron chi connectivity index (χ0n) is 12.6. The van der Waals surface area contributed by atoms with E-state index in [0.717, 1.165) is 18.4 Å². The summed E-state index contributed by atoms with van der Waals surface area (Å²) in [5.41, 5.74) is 2.46. The first-order valence-corrected chi connectivity index (χ1v) is 7.79. The van der Waals surface area contributed by atoms with Crippen LogP contribution in [0.1, 0.15) is 46.5 Å². The summed E-state index contributed by atoms with van der Waals surface area (Å²) >= 11 is 0. The maximum absolute atomic E-state index is 3.68. The van der Waals surface area contributed by atoms with Gasteiger partial charge in [-0.3, -0.25) is 0 Å². The minimum absolute atomic E-state index is 0.667. The molecule has 0 spiro atoms. The van der Waals surface area contributed by atoms with Crippen molar-refractivity contribution < 1.29 is 0 Å². The highest BCUT2D eigenvalue weighted by Gasteiger charge is 2.22. The Labute approximate surface area is 118 Å². The molecule has 0 unspecified atom stereocenters. The van der Waals surface area contributed by atoms with E-state index in [2.05, 4.69) is 55.7 Å². The molecule has 2 N–H and O–H groups in total. The van der Waals surface area contributed by atoms with Gasteiger partial charge in [0.15, 0.2) is 0 Å². The maximum atomic E-state index is 3.68. The van der Waals surface area contributed by atoms with Crippen LogP contribution in [0.25, 0.3) is 0 Å². The van der Waals surface area contributed by atoms with Gasteiger partial charge >= 0.3 is 0 Å². The fourth-order valence-corrected chi connectivity index (χ4v) is 3.05. The second-order valence-corrected chi connectivity index (χ2v) is 6.11. The topological polar surface area (TPSA) is 24.1 Å². The van der Waals surface area contributed by atoms with E-state index in [4.69, 9.17) is 0 Å². The SMILES string of the molecule is CCNc1ccc(NC2CCC(C(C)C)CC2)cc1. The van der Waals surface area contributed by atoms with Crippen molar-refractivity contribution in [1.29, 1.82) is 0 Å². The van der Waals surface area contributed by atoms with Crippen LogP contribution in [0.3, 0.4) is 0 Å². The van der Waals surface area contributed by atoms with Crippen LogP contribution in [0, 0.1) is 11.8 Å². The van der Waals surface area contributed by atoms with Gasteiger partial charge in [0.1, 0.15) is 0 Å². The standard InChI is InChI=1S/C17H28N2/c1-4-18-15-9-11-17(12-10-15)19-16-7-5-14(6-8-16)13(2)3/h9-14,16,18-19H,4-8H2,1-3H3. The van der Waals surface area contributed by atoms with E-state index in [1.54, 1.807) is 0 Å². The molecule has 1 aliphatic carbocycles. The summed E-state index contributed by atoms with van der Waals surface area (Å²) in [4.78, 5) is 0. The van der Waals surface area contributed by atoms with Gasteiger partial charge in [0, 0.05) is 24.0 Å². The van der Waals surface area contributed by atoms with Crippen LogP contribution in [0.5, 0.6) is 0 Å². The Morgan fingerprint density at radius 2 is 1.58 bits per heavy atom. The van der Waals surface area contributed by atoms with Crippen LogP contribution in [-0.4, -0.2) is 12.6 Å². The summed E-state index contributed by atoms with van der Waals surface area (Å²) in [5.74, 6) is 1.79. The van der Waals surface area contributed by atoms with Gasteiger partial charge in [0.05, 0.1) is 0 Å². The molecule has 1 aromatic carbocycles. The fourth-order valence-electron chi connectivity index (χ4n) is 3.05. The highest BCUT2D eigenvalue weighted by atomic mass is 14.9. The first-order chi connectivity index (χ1) is 9.19. The third kappa shape index (κ3) is 4.15. The average Bonchev–Trinajstić information content (AvgIpc) is 2.42. The molecule has 1 aromatic rings. The molecule has 0 atom stereocenters. The third-order valence-electron chi connectivity index (χ3n) is 4.35. The molecule has 19 heavy (non-hydrogen) atoms. The molecule has 0 aliphatic heterocycles. The molecule has 0 saturated heterocycles. The Balaban J connectivity index is 1.82. The van der Waals surface area contributed by atoms with Crippen LogP contribution < -0.4 is 10.6 Å². The lowest BCUT2D eigenvalue weighted by Crippen LogP contribution is -2.27. The fraction of sp³-hybridized carbons (Fsp3) is 0.647. The van der Waals surface area contributed by atoms with Crippen LogP contribution in [0.4, 0.5) is 11.4 Å². The summed E-state index contributed by atoms with van der Waals surface area (Å²) < 4.78 is 0. The van der Waals surface area contributed by atoms with E-state index in [0.29, 0.717) is 6.04 Å². The van der Waals surface area contributed by atoms with Gasteiger partial charge in [-0.2, -0.15) is 0 Å². The minimum atomic E-state index is 0.667. The summed E-state index contributed by atoms with van der Waals surface area (Å²) in [5, 5.41) is 7.01. The molecule has 1 fully saturated rings. The summed E-state index contributed by atoms with van der Waals surface area (Å²) in [7, 11) is 0. The van der Waals surface area contributed by atoms with Crippen LogP contribution >= 0.6 is 0 Å². The summed E-state index contributed by atoms with van der Waals surface area (Å²) in [6, 6.07) is 9.36. The molecule has 0 radical (unpaired) electrons. The Morgan fingerprint density at radius 3 is 2.11 bits per heavy atom. The second kappa shape index (κ2) is 6.83. The van der Waals surface area contributed by atoms with E-state index >= 15 is 0 Å². The lowest BCUT2D eigenvalue weighted by atomic mass is 9.79. The predicted octanol–water partition coefficient (Wildman–Crippen LogP) is 4.75. The number of hydrogen-bond acceptors (Lipinski definition) is 2. The van der Waals surface area contributed by atoms with Crippen molar-refractivity contribution >= 4 is 11.4 Å². The first kappa shape index (κ1) is 14.2. The van der Waals surface area contributed by atoms with Crippen molar-refractivity contribution in [3.63, 3.8) is 0 Å². The molecule has 0 amide bonds. The van der Waals surface area contributed by atoms with Crippen molar-refractivity contribution in [3.05, 3.63) is 24.3 Å². The number of anilines is 2. The Bertz CT molecular complexity index is 361. The quantitative estimate of drug-likeness (QED) is 0.798. The Hall–Kier alpha value is -1.18. The number of benzene rings is 1. The van der Waals surface area contributed by atoms with E-state index in [-0.39, 0.29) is 0 Å². The van der Waals surface area contributed by atoms with E-state index in [1.165, 1.54) is 37.1 Å². The van der Waals surface area contributed by atoms with E-state index in [1.807, 2.05) is 0 Å². The van der Waals surface area contributed by atoms with Gasteiger partial charge in [0.2, 0.25) is 0 Å². The van der Waals surface area contributed by atoms with E-state index in [9.17, 15) is 0 Å². The summed E-state index contributed by atoms with van der Waals surface area (Å²) in [6.07, 6.45) is 5.39. The van der Waals surface area contributed by atoms with Gasteiger partial charge in [-0.25, -0.2) is 0 Å². The van der Waals surface area contributed by atoms with Gasteiger partial charge in [-0.1, -0.05) is 13.8 Å². The van der Waals surface area contributed by atoms with Gasteiger partial charge in [-0.05, 0) is 68.7 Å². The molecule has 2 heteroatoms. The zero-order chi connectivity index (χ0) is 13.7. The van der Waals surface area contributed by atoms with Crippen molar-refractivity contribution in [3.8, 4) is 0 Å². The molecule has 1 saturated carbocycles. The van der Waals surface area contributed by atoms with Crippen LogP contribution in [-0.2, 0) is 0 Å². The molecule has 0 aromatic heterocycles. The molecule has 0 heterocycles. The molecule has 106 valence electrons. The molecule has 2 rings (SSSR count). The normalized spacial score (nSPS) is 23.4. The van der Waals surface area contributed by atoms with Crippen molar-refractivity contribution in [1.82, 2.24) is 0 Å². The molecule has 1 aliphatic rings. The lowest BCUT2D eigenvalue weighted by molar-refractivity contribution is 0.267. The smallest absolute Gasteiger partial charge is 0.0343 e. The number of nitrogens with one attached hydrogen (secondary N) is 2. The first-order valence-electron chi connectivity index (χ1n) is 7.79. The molecular formula is C17H28N2. The zero-order valence-corrected chi connectivity index (χ0v) is 12.6. The minimum Gasteiger partial charge on any atom is -0.385 e. The molecule has 2 nitrogen and oxygen atoms in total. The Kier molecular flexibility index (Phi) is 5.12. The van der Waals surface area contributed by atoms with Gasteiger partial charge in [-0.15, -0.1) is 0 Å². The van der Waals surface area contributed by atoms with Crippen LogP contribution in [0.15, 0.2) is 24.3 Å². The maximum Gasteiger partial charge on any atom is 0.0343 e. The number of hydrogen-bond donors (Lipinski definition) is 2. The van der Waals surface area contributed by atoms with Crippen molar-refractivity contribution in [2.24, 2.45) is 11.8 Å². The molecular weight excluding hydrogens is 232 g/mol. The second-order valence-electron chi connectivity index (χ2n) is 6.11. The van der Waals surface area contributed by atoms with Crippen molar-refractivity contribution in [2.75, 3.05) is 17.2 Å². The van der Waals surface area contributed by atoms with Crippen molar-refractivity contribution in [2.45, 2.75) is 52.5 Å². The van der Waals surface area contributed by atoms with Gasteiger partial charge < -0.3 is 10.6 Å². The highest BCUT2D eigenvalue weighted by Crippen LogP contribution is 2.31. The third-order valence-corrected chi connectivity index (χ3v) is 4.35. The monoisotopic (exact) mass is 260 g/mol.